The van der Waals surface area contributed by atoms with Crippen LogP contribution in [0.15, 0.2) is 67.3 Å². The molecule has 0 aliphatic heterocycles. The fourth-order valence-electron chi connectivity index (χ4n) is 4.24. The van der Waals surface area contributed by atoms with Crippen molar-refractivity contribution in [3.63, 3.8) is 0 Å². The van der Waals surface area contributed by atoms with Crippen molar-refractivity contribution in [3.8, 4) is 23.3 Å². The highest BCUT2D eigenvalue weighted by Crippen LogP contribution is 2.38. The smallest absolute Gasteiger partial charge is 0.248 e. The van der Waals surface area contributed by atoms with Gasteiger partial charge < -0.3 is 25.0 Å². The van der Waals surface area contributed by atoms with Crippen LogP contribution < -0.4 is 20.1 Å². The maximum Gasteiger partial charge on any atom is 0.248 e. The zero-order valence-electron chi connectivity index (χ0n) is 23.3. The number of amides is 1. The number of fused-ring (bicyclic) bond motifs is 2. The van der Waals surface area contributed by atoms with Gasteiger partial charge in [0.15, 0.2) is 5.65 Å². The van der Waals surface area contributed by atoms with Gasteiger partial charge in [0, 0.05) is 48.6 Å². The van der Waals surface area contributed by atoms with E-state index in [0.717, 1.165) is 0 Å². The van der Waals surface area contributed by atoms with Crippen molar-refractivity contribution >= 4 is 39.5 Å². The number of halogens is 1. The molecule has 11 nitrogen and oxygen atoms in total. The normalized spacial score (nSPS) is 11.3. The zero-order valence-corrected chi connectivity index (χ0v) is 23.3. The molecule has 42 heavy (non-hydrogen) atoms. The number of likely N-dealkylation sites (N-methyl/N-ethyl adjacent to an activating group) is 1. The lowest BCUT2D eigenvalue weighted by atomic mass is 10.1. The first-order valence-electron chi connectivity index (χ1n) is 12.8. The summed E-state index contributed by atoms with van der Waals surface area (Å²) < 4.78 is 28.4. The van der Waals surface area contributed by atoms with Gasteiger partial charge in [-0.25, -0.2) is 13.9 Å². The predicted molar refractivity (Wildman–Crippen MR) is 157 cm³/mol. The summed E-state index contributed by atoms with van der Waals surface area (Å²) in [6, 6.07) is 11.7. The Kier molecular flexibility index (Phi) is 7.94. The third-order valence-electron chi connectivity index (χ3n) is 6.31. The Hall–Kier alpha value is -5.54. The summed E-state index contributed by atoms with van der Waals surface area (Å²) in [5.41, 5.74) is 2.74. The molecule has 3 aromatic heterocycles. The lowest BCUT2D eigenvalue weighted by Gasteiger charge is -2.17. The second-order valence-electron chi connectivity index (χ2n) is 9.63. The van der Waals surface area contributed by atoms with Gasteiger partial charge in [0.2, 0.25) is 5.91 Å². The van der Waals surface area contributed by atoms with Crippen LogP contribution in [0, 0.1) is 24.1 Å². The third kappa shape index (κ3) is 5.96. The van der Waals surface area contributed by atoms with Gasteiger partial charge in [-0.2, -0.15) is 10.4 Å². The molecular formula is C30H27FN8O3. The molecule has 0 saturated carbocycles. The van der Waals surface area contributed by atoms with Gasteiger partial charge in [-0.15, -0.1) is 0 Å². The van der Waals surface area contributed by atoms with E-state index in [-0.39, 0.29) is 17.2 Å². The molecule has 1 amide bonds. The van der Waals surface area contributed by atoms with Gasteiger partial charge in [-0.1, -0.05) is 6.08 Å². The van der Waals surface area contributed by atoms with Crippen LogP contribution in [-0.2, 0) is 4.79 Å². The number of hydrogen-bond acceptors (Lipinski definition) is 9. The van der Waals surface area contributed by atoms with Crippen molar-refractivity contribution in [2.24, 2.45) is 0 Å². The molecule has 0 atom stereocenters. The van der Waals surface area contributed by atoms with Crippen molar-refractivity contribution in [1.29, 1.82) is 5.26 Å². The van der Waals surface area contributed by atoms with Crippen LogP contribution in [0.3, 0.4) is 0 Å². The molecule has 0 saturated heterocycles. The molecule has 0 bridgehead atoms. The highest BCUT2D eigenvalue weighted by Gasteiger charge is 2.17. The summed E-state index contributed by atoms with van der Waals surface area (Å²) in [6.45, 7) is 2.38. The summed E-state index contributed by atoms with van der Waals surface area (Å²) >= 11 is 0. The maximum absolute atomic E-state index is 15.4. The number of aryl methyl sites for hydroxylation is 1. The van der Waals surface area contributed by atoms with Crippen LogP contribution in [0.5, 0.6) is 17.2 Å². The van der Waals surface area contributed by atoms with Crippen molar-refractivity contribution in [2.75, 3.05) is 38.4 Å². The predicted octanol–water partition coefficient (Wildman–Crippen LogP) is 5.20. The van der Waals surface area contributed by atoms with Gasteiger partial charge >= 0.3 is 0 Å². The second-order valence-corrected chi connectivity index (χ2v) is 9.63. The lowest BCUT2D eigenvalue weighted by Crippen LogP contribution is -2.13. The van der Waals surface area contributed by atoms with E-state index in [1.165, 1.54) is 31.8 Å². The van der Waals surface area contributed by atoms with Crippen LogP contribution >= 0.6 is 0 Å². The minimum Gasteiger partial charge on any atom is -0.494 e. The highest BCUT2D eigenvalue weighted by atomic mass is 19.1. The van der Waals surface area contributed by atoms with Crippen LogP contribution in [-0.4, -0.2) is 58.1 Å². The summed E-state index contributed by atoms with van der Waals surface area (Å²) in [5.74, 6) is 0.229. The molecule has 2 N–H and O–H groups in total. The quantitative estimate of drug-likeness (QED) is 0.231. The molecule has 0 spiro atoms. The van der Waals surface area contributed by atoms with Crippen molar-refractivity contribution in [1.82, 2.24) is 24.5 Å². The number of nitriles is 1. The number of rotatable bonds is 9. The number of hydrogen-bond donors (Lipinski definition) is 2. The van der Waals surface area contributed by atoms with Gasteiger partial charge in [-0.3, -0.25) is 9.78 Å². The topological polar surface area (TPSA) is 130 Å². The Labute approximate surface area is 240 Å². The summed E-state index contributed by atoms with van der Waals surface area (Å²) in [5, 5.41) is 20.3. The monoisotopic (exact) mass is 566 g/mol. The molecular weight excluding hydrogens is 539 g/mol. The van der Waals surface area contributed by atoms with E-state index in [1.807, 2.05) is 19.0 Å². The average molecular weight is 567 g/mol. The minimum atomic E-state index is -0.596. The molecule has 2 aromatic carbocycles. The van der Waals surface area contributed by atoms with Gasteiger partial charge in [0.05, 0.1) is 35.3 Å². The Bertz CT molecular complexity index is 1880. The van der Waals surface area contributed by atoms with E-state index in [1.54, 1.807) is 54.0 Å². The summed E-state index contributed by atoms with van der Waals surface area (Å²) in [7, 11) is 5.27. The lowest BCUT2D eigenvalue weighted by molar-refractivity contribution is -0.111. The Balaban J connectivity index is 1.48. The number of ether oxygens (including phenoxy) is 2. The van der Waals surface area contributed by atoms with Crippen molar-refractivity contribution in [2.45, 2.75) is 6.92 Å². The van der Waals surface area contributed by atoms with E-state index < -0.39 is 5.82 Å². The first kappa shape index (κ1) is 28.0. The minimum absolute atomic E-state index is 0.129. The van der Waals surface area contributed by atoms with Crippen molar-refractivity contribution in [3.05, 3.63) is 84.2 Å². The number of methoxy groups -OCH3 is 1. The van der Waals surface area contributed by atoms with Crippen LogP contribution in [0.4, 0.5) is 21.5 Å². The molecule has 0 fully saturated rings. The Morgan fingerprint density at radius 2 is 2.00 bits per heavy atom. The van der Waals surface area contributed by atoms with E-state index in [4.69, 9.17) is 9.47 Å². The number of nitrogens with zero attached hydrogens (tertiary/aromatic N) is 6. The molecule has 5 rings (SSSR count). The van der Waals surface area contributed by atoms with Crippen LogP contribution in [0.1, 0.15) is 11.1 Å². The molecule has 0 aliphatic rings. The average Bonchev–Trinajstić information content (AvgIpc) is 3.43. The Morgan fingerprint density at radius 3 is 2.76 bits per heavy atom. The molecule has 0 radical (unpaired) electrons. The van der Waals surface area contributed by atoms with Crippen LogP contribution in [0.25, 0.3) is 16.6 Å². The summed E-state index contributed by atoms with van der Waals surface area (Å²) in [6.07, 6.45) is 7.69. The number of carbonyl (C=O) groups excluding carboxylic acids is 1. The number of nitrogens with one attached hydrogen (secondary N) is 2. The number of benzene rings is 2. The number of aromatic nitrogens is 4. The highest BCUT2D eigenvalue weighted by molar-refractivity contribution is 6.04. The number of anilines is 3. The summed E-state index contributed by atoms with van der Waals surface area (Å²) in [4.78, 5) is 23.0. The SMILES string of the molecule is COc1cc2ncc(C#N)c(Nc3cc(C)c(Oc4ccn5ncnc5c4)cc3F)c2cc1NC(=O)/C=C/CN(C)C. The first-order chi connectivity index (χ1) is 20.2. The largest absolute Gasteiger partial charge is 0.494 e. The van der Waals surface area contributed by atoms with E-state index in [2.05, 4.69) is 31.8 Å². The number of pyridine rings is 2. The maximum atomic E-state index is 15.4. The first-order valence-corrected chi connectivity index (χ1v) is 12.8. The Morgan fingerprint density at radius 1 is 1.17 bits per heavy atom. The van der Waals surface area contributed by atoms with Crippen molar-refractivity contribution < 1.29 is 18.7 Å². The molecule has 0 aliphatic carbocycles. The molecule has 0 unspecified atom stereocenters. The zero-order chi connectivity index (χ0) is 29.8. The molecule has 12 heteroatoms. The number of carbonyl (C=O) groups is 1. The second kappa shape index (κ2) is 11.9. The fraction of sp³-hybridized carbons (Fsp3) is 0.167. The molecule has 3 heterocycles. The van der Waals surface area contributed by atoms with Crippen LogP contribution in [0.2, 0.25) is 0 Å². The fourth-order valence-corrected chi connectivity index (χ4v) is 4.24. The van der Waals surface area contributed by atoms with E-state index in [9.17, 15) is 10.1 Å². The molecule has 5 aromatic rings. The van der Waals surface area contributed by atoms with Gasteiger partial charge in [-0.05, 0) is 44.8 Å². The third-order valence-corrected chi connectivity index (χ3v) is 6.31. The van der Waals surface area contributed by atoms with Gasteiger partial charge in [0.25, 0.3) is 0 Å². The van der Waals surface area contributed by atoms with Gasteiger partial charge in [0.1, 0.15) is 35.5 Å². The standard InChI is InChI=1S/C30H27FN8O3/c1-18-10-24(22(31)13-26(18)42-20-7-9-39-28(11-20)34-17-35-39)37-30-19(15-32)16-33-23-14-27(41-4)25(12-21(23)30)36-29(40)6-5-8-38(2)3/h5-7,9-14,16-17H,8H2,1-4H3,(H,33,37)(H,36,40)/b6-5+. The van der Waals surface area contributed by atoms with E-state index in [0.29, 0.717) is 57.3 Å². The molecule has 212 valence electrons. The van der Waals surface area contributed by atoms with E-state index >= 15 is 4.39 Å².